The number of halogens is 1. The van der Waals surface area contributed by atoms with Gasteiger partial charge < -0.3 is 10.6 Å². The summed E-state index contributed by atoms with van der Waals surface area (Å²) in [6, 6.07) is 22.1. The van der Waals surface area contributed by atoms with Gasteiger partial charge in [0.15, 0.2) is 0 Å². The molecule has 3 aromatic rings. The van der Waals surface area contributed by atoms with Crippen molar-refractivity contribution < 1.29 is 18.8 Å². The minimum atomic E-state index is -1.26. The average Bonchev–Trinajstić information content (AvgIpc) is 3.09. The summed E-state index contributed by atoms with van der Waals surface area (Å²) in [4.78, 5) is 39.5. The molecule has 0 unspecified atom stereocenters. The number of nitrogens with one attached hydrogen (secondary N) is 2. The van der Waals surface area contributed by atoms with Gasteiger partial charge in [-0.2, -0.15) is 0 Å². The Hall–Kier alpha value is -4.00. The lowest BCUT2D eigenvalue weighted by Crippen LogP contribution is -2.43. The number of anilines is 1. The van der Waals surface area contributed by atoms with Gasteiger partial charge in [0.2, 0.25) is 5.91 Å². The maximum absolute atomic E-state index is 13.4. The Morgan fingerprint density at radius 3 is 2.33 bits per heavy atom. The second-order valence-electron chi connectivity index (χ2n) is 7.86. The highest BCUT2D eigenvalue weighted by Crippen LogP contribution is 2.33. The summed E-state index contributed by atoms with van der Waals surface area (Å²) >= 11 is 0. The molecule has 0 bridgehead atoms. The summed E-state index contributed by atoms with van der Waals surface area (Å²) < 4.78 is 13.4. The minimum absolute atomic E-state index is 0.0501. The molecule has 1 heterocycles. The first-order valence-electron chi connectivity index (χ1n) is 10.8. The van der Waals surface area contributed by atoms with Crippen LogP contribution in [0.25, 0.3) is 11.1 Å². The van der Waals surface area contributed by atoms with E-state index in [2.05, 4.69) is 10.6 Å². The molecule has 6 nitrogen and oxygen atoms in total. The van der Waals surface area contributed by atoms with Gasteiger partial charge in [0.05, 0.1) is 0 Å². The van der Waals surface area contributed by atoms with Crippen LogP contribution in [0.5, 0.6) is 0 Å². The van der Waals surface area contributed by atoms with Crippen LogP contribution < -0.4 is 10.6 Å². The number of nitrogens with zero attached hydrogens (tertiary/aromatic N) is 1. The molecule has 33 heavy (non-hydrogen) atoms. The molecule has 1 atom stereocenters. The van der Waals surface area contributed by atoms with Crippen LogP contribution in [-0.4, -0.2) is 29.3 Å². The molecule has 3 aromatic carbocycles. The number of benzene rings is 3. The lowest BCUT2D eigenvalue weighted by atomic mass is 9.87. The zero-order valence-corrected chi connectivity index (χ0v) is 18.2. The van der Waals surface area contributed by atoms with Crippen LogP contribution in [0.1, 0.15) is 25.3 Å². The lowest BCUT2D eigenvalue weighted by molar-refractivity contribution is -0.132. The molecule has 1 saturated heterocycles. The van der Waals surface area contributed by atoms with Crippen molar-refractivity contribution in [2.45, 2.75) is 25.3 Å². The van der Waals surface area contributed by atoms with E-state index in [0.29, 0.717) is 17.7 Å². The maximum Gasteiger partial charge on any atom is 0.325 e. The number of hydrogen-bond donors (Lipinski definition) is 2. The summed E-state index contributed by atoms with van der Waals surface area (Å²) in [5.74, 6) is -1.18. The van der Waals surface area contributed by atoms with Crippen LogP contribution in [0, 0.1) is 5.82 Å². The Bertz CT molecular complexity index is 1180. The number of imide groups is 1. The number of rotatable bonds is 7. The number of hydrogen-bond acceptors (Lipinski definition) is 3. The van der Waals surface area contributed by atoms with Gasteiger partial charge in [-0.05, 0) is 35.7 Å². The monoisotopic (exact) mass is 445 g/mol. The Morgan fingerprint density at radius 2 is 1.64 bits per heavy atom. The van der Waals surface area contributed by atoms with Crippen molar-refractivity contribution in [3.05, 3.63) is 90.2 Å². The van der Waals surface area contributed by atoms with E-state index in [-0.39, 0.29) is 18.9 Å². The first-order chi connectivity index (χ1) is 15.9. The molecule has 4 amide bonds. The molecular formula is C26H24FN3O3. The quantitative estimate of drug-likeness (QED) is 0.519. The molecule has 0 spiro atoms. The van der Waals surface area contributed by atoms with Gasteiger partial charge in [0.1, 0.15) is 11.4 Å². The second kappa shape index (κ2) is 9.24. The van der Waals surface area contributed by atoms with Crippen molar-refractivity contribution in [2.24, 2.45) is 0 Å². The third-order valence-corrected chi connectivity index (χ3v) is 5.89. The van der Waals surface area contributed by atoms with Gasteiger partial charge in [-0.25, -0.2) is 9.18 Å². The fourth-order valence-electron chi connectivity index (χ4n) is 4.09. The summed E-state index contributed by atoms with van der Waals surface area (Å²) in [5, 5.41) is 5.62. The van der Waals surface area contributed by atoms with Crippen LogP contribution in [0.2, 0.25) is 0 Å². The molecule has 0 aliphatic carbocycles. The fraction of sp³-hybridized carbons (Fsp3) is 0.192. The number of amides is 4. The van der Waals surface area contributed by atoms with Crippen molar-refractivity contribution in [2.75, 3.05) is 11.9 Å². The van der Waals surface area contributed by atoms with Gasteiger partial charge in [0, 0.05) is 24.2 Å². The number of carbonyl (C=O) groups excluding carboxylic acids is 3. The highest BCUT2D eigenvalue weighted by atomic mass is 19.1. The molecule has 1 aliphatic rings. The van der Waals surface area contributed by atoms with Crippen molar-refractivity contribution >= 4 is 23.5 Å². The van der Waals surface area contributed by atoms with Gasteiger partial charge in [-0.1, -0.05) is 67.6 Å². The van der Waals surface area contributed by atoms with Crippen molar-refractivity contribution in [1.29, 1.82) is 0 Å². The average molecular weight is 445 g/mol. The van der Waals surface area contributed by atoms with Gasteiger partial charge in [-0.3, -0.25) is 14.5 Å². The van der Waals surface area contributed by atoms with E-state index in [1.165, 1.54) is 24.3 Å². The highest BCUT2D eigenvalue weighted by molar-refractivity contribution is 6.08. The highest BCUT2D eigenvalue weighted by Gasteiger charge is 2.51. The van der Waals surface area contributed by atoms with E-state index in [1.807, 2.05) is 54.6 Å². The first kappa shape index (κ1) is 22.2. The number of urea groups is 1. The predicted molar refractivity (Wildman–Crippen MR) is 124 cm³/mol. The van der Waals surface area contributed by atoms with Crippen LogP contribution >= 0.6 is 0 Å². The Labute approximate surface area is 191 Å². The van der Waals surface area contributed by atoms with Gasteiger partial charge >= 0.3 is 6.03 Å². The topological polar surface area (TPSA) is 78.5 Å². The van der Waals surface area contributed by atoms with E-state index in [9.17, 15) is 18.8 Å². The zero-order chi connectivity index (χ0) is 23.4. The van der Waals surface area contributed by atoms with Gasteiger partial charge in [-0.15, -0.1) is 0 Å². The molecule has 4 rings (SSSR count). The van der Waals surface area contributed by atoms with E-state index >= 15 is 0 Å². The van der Waals surface area contributed by atoms with Crippen molar-refractivity contribution in [3.63, 3.8) is 0 Å². The van der Waals surface area contributed by atoms with E-state index in [4.69, 9.17) is 0 Å². The maximum atomic E-state index is 13.4. The Balaban J connectivity index is 1.46. The molecule has 2 N–H and O–H groups in total. The SMILES string of the molecule is CC[C@@]1(c2ccc(F)cc2)NC(=O)N(CCC(=O)Nc2ccccc2-c2ccccc2)C1=O. The smallest absolute Gasteiger partial charge is 0.325 e. The fourth-order valence-corrected chi connectivity index (χ4v) is 4.09. The largest absolute Gasteiger partial charge is 0.325 e. The zero-order valence-electron chi connectivity index (χ0n) is 18.2. The van der Waals surface area contributed by atoms with E-state index in [0.717, 1.165) is 16.0 Å². The third-order valence-electron chi connectivity index (χ3n) is 5.89. The summed E-state index contributed by atoms with van der Waals surface area (Å²) in [6.07, 6.45) is 0.252. The normalized spacial score (nSPS) is 17.7. The standard InChI is InChI=1S/C26H24FN3O3/c1-2-26(19-12-14-20(27)15-13-19)24(32)30(25(33)29-26)17-16-23(31)28-22-11-7-6-10-21(22)18-8-4-3-5-9-18/h3-15H,2,16-17H2,1H3,(H,28,31)(H,29,33)/t26-/m0/s1. The van der Waals surface area contributed by atoms with Crippen LogP contribution in [0.15, 0.2) is 78.9 Å². The summed E-state index contributed by atoms with van der Waals surface area (Å²) in [6.45, 7) is 1.71. The molecule has 1 aliphatic heterocycles. The van der Waals surface area contributed by atoms with Crippen molar-refractivity contribution in [3.8, 4) is 11.1 Å². The van der Waals surface area contributed by atoms with Crippen molar-refractivity contribution in [1.82, 2.24) is 10.2 Å². The number of para-hydroxylation sites is 1. The summed E-state index contributed by atoms with van der Waals surface area (Å²) in [7, 11) is 0. The molecule has 7 heteroatoms. The molecule has 0 radical (unpaired) electrons. The molecular weight excluding hydrogens is 421 g/mol. The molecule has 0 aromatic heterocycles. The van der Waals surface area contributed by atoms with Crippen LogP contribution in [0.3, 0.4) is 0 Å². The predicted octanol–water partition coefficient (Wildman–Crippen LogP) is 4.68. The Morgan fingerprint density at radius 1 is 0.970 bits per heavy atom. The molecule has 1 fully saturated rings. The van der Waals surface area contributed by atoms with E-state index < -0.39 is 23.3 Å². The summed E-state index contributed by atoms with van der Waals surface area (Å²) in [5.41, 5.74) is 1.74. The van der Waals surface area contributed by atoms with Crippen LogP contribution in [0.4, 0.5) is 14.9 Å². The first-order valence-corrected chi connectivity index (χ1v) is 10.8. The molecule has 0 saturated carbocycles. The Kier molecular flexibility index (Phi) is 6.22. The molecule has 168 valence electrons. The van der Waals surface area contributed by atoms with E-state index in [1.54, 1.807) is 6.92 Å². The minimum Gasteiger partial charge on any atom is -0.325 e. The van der Waals surface area contributed by atoms with Crippen LogP contribution in [-0.2, 0) is 15.1 Å². The lowest BCUT2D eigenvalue weighted by Gasteiger charge is -2.25. The second-order valence-corrected chi connectivity index (χ2v) is 7.86. The van der Waals surface area contributed by atoms with Gasteiger partial charge in [0.25, 0.3) is 5.91 Å². The number of carbonyl (C=O) groups is 3. The third kappa shape index (κ3) is 4.35.